The van der Waals surface area contributed by atoms with Gasteiger partial charge in [0.2, 0.25) is 0 Å². The largest absolute Gasteiger partial charge is 0.313 e. The fraction of sp³-hybridized carbons (Fsp3) is 0.444. The number of imidazole rings is 1. The molecule has 0 aliphatic carbocycles. The zero-order valence-electron chi connectivity index (χ0n) is 13.7. The normalized spacial score (nSPS) is 19.0. The maximum Gasteiger partial charge on any atom is 0.159 e. The van der Waals surface area contributed by atoms with Gasteiger partial charge >= 0.3 is 0 Å². The Kier molecular flexibility index (Phi) is 3.91. The quantitative estimate of drug-likeness (QED) is 0.731. The molecule has 3 aromatic heterocycles. The monoisotopic (exact) mass is 326 g/mol. The van der Waals surface area contributed by atoms with Gasteiger partial charge in [-0.1, -0.05) is 0 Å². The van der Waals surface area contributed by atoms with Gasteiger partial charge in [-0.3, -0.25) is 4.90 Å². The van der Waals surface area contributed by atoms with Crippen LogP contribution in [0.4, 0.5) is 0 Å². The Hall–Kier alpha value is -1.72. The van der Waals surface area contributed by atoms with Crippen LogP contribution in [0.1, 0.15) is 35.5 Å². The number of thiophene rings is 1. The summed E-state index contributed by atoms with van der Waals surface area (Å²) in [4.78, 5) is 13.5. The maximum atomic E-state index is 4.89. The molecule has 23 heavy (non-hydrogen) atoms. The number of hydrogen-bond acceptors (Lipinski definition) is 4. The summed E-state index contributed by atoms with van der Waals surface area (Å²) < 4.78 is 2.29. The number of nitrogens with zero attached hydrogens (tertiary/aromatic N) is 4. The van der Waals surface area contributed by atoms with Gasteiger partial charge in [-0.2, -0.15) is 0 Å². The minimum atomic E-state index is 0.518. The molecule has 4 rings (SSSR count). The second kappa shape index (κ2) is 6.06. The first-order valence-electron chi connectivity index (χ1n) is 8.32. The third kappa shape index (κ3) is 2.68. The molecule has 1 aliphatic rings. The molecule has 120 valence electrons. The predicted octanol–water partition coefficient (Wildman–Crippen LogP) is 3.81. The Bertz CT molecular complexity index is 819. The van der Waals surface area contributed by atoms with Crippen LogP contribution in [-0.2, 0) is 13.1 Å². The summed E-state index contributed by atoms with van der Waals surface area (Å²) in [7, 11) is 0. The van der Waals surface area contributed by atoms with Crippen LogP contribution in [0.25, 0.3) is 11.2 Å². The molecule has 0 aromatic carbocycles. The molecule has 5 heteroatoms. The van der Waals surface area contributed by atoms with Crippen molar-refractivity contribution in [3.63, 3.8) is 0 Å². The van der Waals surface area contributed by atoms with Crippen LogP contribution in [0, 0.1) is 6.92 Å². The van der Waals surface area contributed by atoms with Gasteiger partial charge in [0.1, 0.15) is 11.3 Å². The first kappa shape index (κ1) is 14.8. The smallest absolute Gasteiger partial charge is 0.159 e. The highest BCUT2D eigenvalue weighted by atomic mass is 32.1. The van der Waals surface area contributed by atoms with Crippen molar-refractivity contribution < 1.29 is 0 Å². The van der Waals surface area contributed by atoms with Gasteiger partial charge in [-0.25, -0.2) is 9.97 Å². The number of fused-ring (bicyclic) bond motifs is 1. The topological polar surface area (TPSA) is 34.0 Å². The van der Waals surface area contributed by atoms with Crippen molar-refractivity contribution in [2.75, 3.05) is 13.1 Å². The van der Waals surface area contributed by atoms with Gasteiger partial charge in [0.25, 0.3) is 0 Å². The number of likely N-dealkylation sites (tertiary alicyclic amines) is 1. The summed E-state index contributed by atoms with van der Waals surface area (Å²) in [6.45, 7) is 8.65. The van der Waals surface area contributed by atoms with Crippen molar-refractivity contribution in [1.29, 1.82) is 0 Å². The van der Waals surface area contributed by atoms with E-state index in [-0.39, 0.29) is 0 Å². The van der Waals surface area contributed by atoms with Crippen molar-refractivity contribution in [3.8, 4) is 0 Å². The Labute approximate surface area is 140 Å². The molecule has 0 spiro atoms. The summed E-state index contributed by atoms with van der Waals surface area (Å²) in [5.41, 5.74) is 3.47. The molecule has 0 amide bonds. The minimum absolute atomic E-state index is 0.518. The highest BCUT2D eigenvalue weighted by molar-refractivity contribution is 7.10. The molecule has 0 saturated carbocycles. The molecule has 1 aliphatic heterocycles. The Morgan fingerprint density at radius 1 is 1.35 bits per heavy atom. The van der Waals surface area contributed by atoms with Gasteiger partial charge in [0.15, 0.2) is 5.65 Å². The lowest BCUT2D eigenvalue weighted by atomic mass is 10.1. The zero-order valence-corrected chi connectivity index (χ0v) is 14.5. The molecule has 1 saturated heterocycles. The van der Waals surface area contributed by atoms with Crippen molar-refractivity contribution in [2.24, 2.45) is 0 Å². The average Bonchev–Trinajstić information content (AvgIpc) is 3.26. The fourth-order valence-electron chi connectivity index (χ4n) is 3.56. The predicted molar refractivity (Wildman–Crippen MR) is 94.9 cm³/mol. The van der Waals surface area contributed by atoms with E-state index in [2.05, 4.69) is 45.8 Å². The van der Waals surface area contributed by atoms with Gasteiger partial charge in [0.05, 0.1) is 0 Å². The van der Waals surface area contributed by atoms with Crippen molar-refractivity contribution >= 4 is 22.5 Å². The highest BCUT2D eigenvalue weighted by Crippen LogP contribution is 2.30. The van der Waals surface area contributed by atoms with E-state index >= 15 is 0 Å². The van der Waals surface area contributed by atoms with E-state index in [4.69, 9.17) is 4.98 Å². The Balaban J connectivity index is 1.57. The van der Waals surface area contributed by atoms with E-state index in [1.165, 1.54) is 22.7 Å². The van der Waals surface area contributed by atoms with Gasteiger partial charge < -0.3 is 4.57 Å². The summed E-state index contributed by atoms with van der Waals surface area (Å²) >= 11 is 1.87. The second-order valence-corrected chi connectivity index (χ2v) is 7.31. The van der Waals surface area contributed by atoms with E-state index in [0.717, 1.165) is 37.3 Å². The molecule has 0 radical (unpaired) electrons. The molecular formula is C18H22N4S. The van der Waals surface area contributed by atoms with E-state index in [1.54, 1.807) is 0 Å². The first-order chi connectivity index (χ1) is 11.3. The van der Waals surface area contributed by atoms with E-state index < -0.39 is 0 Å². The summed E-state index contributed by atoms with van der Waals surface area (Å²) in [6, 6.07) is 6.26. The van der Waals surface area contributed by atoms with E-state index in [9.17, 15) is 0 Å². The Morgan fingerprint density at radius 3 is 3.04 bits per heavy atom. The highest BCUT2D eigenvalue weighted by Gasteiger charge is 2.28. The SMILES string of the molecule is CCn1c([C@H]2CCN(Cc3sccc3C)C2)nc2cccnc21. The van der Waals surface area contributed by atoms with Crippen LogP contribution in [-0.4, -0.2) is 32.5 Å². The third-order valence-electron chi connectivity index (χ3n) is 4.82. The first-order valence-corrected chi connectivity index (χ1v) is 9.20. The Morgan fingerprint density at radius 2 is 2.26 bits per heavy atom. The standard InChI is InChI=1S/C18H22N4S/c1-3-22-17(20-15-5-4-8-19-18(15)22)14-6-9-21(11-14)12-16-13(2)7-10-23-16/h4-5,7-8,10,14H,3,6,9,11-12H2,1-2H3/t14-/m0/s1. The van der Waals surface area contributed by atoms with E-state index in [0.29, 0.717) is 5.92 Å². The molecule has 1 fully saturated rings. The molecule has 1 atom stereocenters. The lowest BCUT2D eigenvalue weighted by Crippen LogP contribution is -2.20. The van der Waals surface area contributed by atoms with Gasteiger partial charge in [-0.15, -0.1) is 11.3 Å². The van der Waals surface area contributed by atoms with Crippen LogP contribution < -0.4 is 0 Å². The maximum absolute atomic E-state index is 4.89. The second-order valence-electron chi connectivity index (χ2n) is 6.31. The molecule has 4 heterocycles. The number of hydrogen-bond donors (Lipinski definition) is 0. The molecule has 4 nitrogen and oxygen atoms in total. The third-order valence-corrected chi connectivity index (χ3v) is 5.83. The number of rotatable bonds is 4. The van der Waals surface area contributed by atoms with Crippen LogP contribution in [0.3, 0.4) is 0 Å². The zero-order chi connectivity index (χ0) is 15.8. The number of pyridine rings is 1. The molecule has 0 N–H and O–H groups in total. The van der Waals surface area contributed by atoms with Crippen LogP contribution in [0.2, 0.25) is 0 Å². The summed E-state index contributed by atoms with van der Waals surface area (Å²) in [6.07, 6.45) is 3.05. The van der Waals surface area contributed by atoms with Crippen LogP contribution in [0.5, 0.6) is 0 Å². The molecule has 3 aromatic rings. The fourth-order valence-corrected chi connectivity index (χ4v) is 4.50. The summed E-state index contributed by atoms with van der Waals surface area (Å²) in [5, 5.41) is 2.19. The van der Waals surface area contributed by atoms with Gasteiger partial charge in [-0.05, 0) is 56.0 Å². The van der Waals surface area contributed by atoms with Crippen molar-refractivity contribution in [3.05, 3.63) is 46.0 Å². The lowest BCUT2D eigenvalue weighted by molar-refractivity contribution is 0.327. The van der Waals surface area contributed by atoms with Crippen molar-refractivity contribution in [1.82, 2.24) is 19.4 Å². The molecule has 0 unspecified atom stereocenters. The minimum Gasteiger partial charge on any atom is -0.313 e. The number of aryl methyl sites for hydroxylation is 2. The van der Waals surface area contributed by atoms with Gasteiger partial charge in [0, 0.05) is 36.6 Å². The average molecular weight is 326 g/mol. The number of aromatic nitrogens is 3. The van der Waals surface area contributed by atoms with Crippen LogP contribution in [0.15, 0.2) is 29.8 Å². The lowest BCUT2D eigenvalue weighted by Gasteiger charge is -2.16. The summed E-state index contributed by atoms with van der Waals surface area (Å²) in [5.74, 6) is 1.73. The van der Waals surface area contributed by atoms with Crippen molar-refractivity contribution in [2.45, 2.75) is 39.3 Å². The van der Waals surface area contributed by atoms with Crippen LogP contribution >= 0.6 is 11.3 Å². The van der Waals surface area contributed by atoms with E-state index in [1.807, 2.05) is 23.6 Å². The molecular weight excluding hydrogens is 304 g/mol. The molecule has 0 bridgehead atoms.